The van der Waals surface area contributed by atoms with Gasteiger partial charge in [0.25, 0.3) is 0 Å². The summed E-state index contributed by atoms with van der Waals surface area (Å²) in [5.41, 5.74) is 1.89. The van der Waals surface area contributed by atoms with E-state index in [1.165, 1.54) is 18.4 Å². The van der Waals surface area contributed by atoms with Crippen LogP contribution in [0.1, 0.15) is 55.5 Å². The van der Waals surface area contributed by atoms with Crippen LogP contribution in [0, 0.1) is 5.92 Å². The smallest absolute Gasteiger partial charge is 0.451 e. The highest BCUT2D eigenvalue weighted by Crippen LogP contribution is 2.51. The Balaban J connectivity index is 1.32. The van der Waals surface area contributed by atoms with Gasteiger partial charge in [0.05, 0.1) is 37.3 Å². The van der Waals surface area contributed by atoms with Crippen molar-refractivity contribution in [1.82, 2.24) is 19.8 Å². The van der Waals surface area contributed by atoms with Crippen LogP contribution in [0.4, 0.5) is 23.7 Å². The van der Waals surface area contributed by atoms with E-state index < -0.39 is 17.5 Å². The zero-order valence-electron chi connectivity index (χ0n) is 24.0. The van der Waals surface area contributed by atoms with E-state index in [0.717, 1.165) is 61.9 Å². The number of hydrogen-bond donors (Lipinski definition) is 0. The second-order valence-electron chi connectivity index (χ2n) is 12.0. The Morgan fingerprint density at radius 1 is 0.976 bits per heavy atom. The molecule has 222 valence electrons. The number of benzene rings is 2. The summed E-state index contributed by atoms with van der Waals surface area (Å²) in [5.74, 6) is 0.252. The van der Waals surface area contributed by atoms with Gasteiger partial charge in [-0.05, 0) is 74.8 Å². The molecule has 3 aromatic rings. The van der Waals surface area contributed by atoms with Crippen LogP contribution in [-0.2, 0) is 18.3 Å². The van der Waals surface area contributed by atoms with Crippen LogP contribution in [0.3, 0.4) is 0 Å². The third-order valence-electron chi connectivity index (χ3n) is 9.47. The van der Waals surface area contributed by atoms with Crippen molar-refractivity contribution >= 4 is 11.7 Å². The summed E-state index contributed by atoms with van der Waals surface area (Å²) in [6, 6.07) is 18.0. The van der Waals surface area contributed by atoms with Crippen molar-refractivity contribution in [2.24, 2.45) is 5.92 Å². The highest BCUT2D eigenvalue weighted by Gasteiger charge is 2.55. The molecule has 2 aliphatic carbocycles. The fourth-order valence-corrected chi connectivity index (χ4v) is 6.81. The lowest BCUT2D eigenvalue weighted by Crippen LogP contribution is -2.56. The molecule has 7 nitrogen and oxygen atoms in total. The summed E-state index contributed by atoms with van der Waals surface area (Å²) in [4.78, 5) is 27.1. The number of methoxy groups -OCH3 is 1. The number of hydrogen-bond acceptors (Lipinski definition) is 5. The number of urea groups is 1. The van der Waals surface area contributed by atoms with Crippen molar-refractivity contribution in [2.75, 3.05) is 32.1 Å². The second-order valence-corrected chi connectivity index (χ2v) is 12.0. The van der Waals surface area contributed by atoms with E-state index in [0.29, 0.717) is 13.1 Å². The number of halogens is 3. The predicted molar refractivity (Wildman–Crippen MR) is 153 cm³/mol. The molecule has 1 aliphatic heterocycles. The molecule has 0 bridgehead atoms. The maximum absolute atomic E-state index is 14.0. The third-order valence-corrected chi connectivity index (χ3v) is 9.47. The Kier molecular flexibility index (Phi) is 7.37. The van der Waals surface area contributed by atoms with E-state index >= 15 is 0 Å². The van der Waals surface area contributed by atoms with Gasteiger partial charge in [-0.1, -0.05) is 42.5 Å². The van der Waals surface area contributed by atoms with Crippen LogP contribution < -0.4 is 9.64 Å². The Hall–Kier alpha value is -3.66. The molecule has 1 aromatic heterocycles. The first-order chi connectivity index (χ1) is 20.1. The van der Waals surface area contributed by atoms with Crippen molar-refractivity contribution < 1.29 is 22.7 Å². The molecule has 6 rings (SSSR count). The van der Waals surface area contributed by atoms with Gasteiger partial charge >= 0.3 is 12.2 Å². The average molecular weight is 580 g/mol. The van der Waals surface area contributed by atoms with Crippen LogP contribution in [0.2, 0.25) is 0 Å². The largest absolute Gasteiger partial charge is 0.497 e. The minimum absolute atomic E-state index is 0.144. The van der Waals surface area contributed by atoms with E-state index in [2.05, 4.69) is 46.2 Å². The normalized spacial score (nSPS) is 24.6. The standard InChI is InChI=1S/C32H36F3N5O2/c1-38(20-23-8-9-23)31(25-6-4-3-5-7-25)16-14-30(15-17-31)22-39(26-18-36-28(37-19-26)32(33,34)35)29(41)40(30)21-24-10-12-27(42-2)13-11-24/h3-7,10-13,18-19,23H,8-9,14-17,20-22H2,1-2H3/t30-,31+. The number of nitrogens with zero attached hydrogens (tertiary/aromatic N) is 5. The van der Waals surface area contributed by atoms with Gasteiger partial charge < -0.3 is 9.64 Å². The van der Waals surface area contributed by atoms with Gasteiger partial charge in [0.1, 0.15) is 5.75 Å². The van der Waals surface area contributed by atoms with Crippen molar-refractivity contribution in [3.05, 3.63) is 83.9 Å². The molecule has 2 amide bonds. The molecule has 0 unspecified atom stereocenters. The summed E-state index contributed by atoms with van der Waals surface area (Å²) >= 11 is 0. The van der Waals surface area contributed by atoms with Crippen molar-refractivity contribution in [1.29, 1.82) is 0 Å². The van der Waals surface area contributed by atoms with E-state index in [9.17, 15) is 18.0 Å². The minimum Gasteiger partial charge on any atom is -0.497 e. The molecular weight excluding hydrogens is 543 g/mol. The lowest BCUT2D eigenvalue weighted by Gasteiger charge is -2.52. The molecule has 1 saturated heterocycles. The lowest BCUT2D eigenvalue weighted by atomic mass is 9.68. The number of rotatable bonds is 8. The molecule has 0 atom stereocenters. The number of carbonyl (C=O) groups excluding carboxylic acids is 1. The quantitative estimate of drug-likeness (QED) is 0.305. The fourth-order valence-electron chi connectivity index (χ4n) is 6.81. The van der Waals surface area contributed by atoms with Gasteiger partial charge in [-0.15, -0.1) is 0 Å². The van der Waals surface area contributed by atoms with Crippen molar-refractivity contribution in [3.63, 3.8) is 0 Å². The monoisotopic (exact) mass is 579 g/mol. The Bertz CT molecular complexity index is 1390. The number of alkyl halides is 3. The number of aromatic nitrogens is 2. The molecule has 0 radical (unpaired) electrons. The molecule has 0 N–H and O–H groups in total. The molecule has 42 heavy (non-hydrogen) atoms. The number of anilines is 1. The third kappa shape index (κ3) is 5.32. The molecule has 1 spiro atoms. The van der Waals surface area contributed by atoms with Crippen LogP contribution >= 0.6 is 0 Å². The first-order valence-electron chi connectivity index (χ1n) is 14.5. The summed E-state index contributed by atoms with van der Waals surface area (Å²) in [5, 5.41) is 0. The summed E-state index contributed by atoms with van der Waals surface area (Å²) in [6.07, 6.45) is 3.37. The number of amides is 2. The SMILES string of the molecule is COc1ccc(CN2C(=O)N(c3cnc(C(F)(F)F)nc3)C[C@]23CC[C@](c2ccccc2)(N(C)CC2CC2)CC3)cc1. The molecule has 3 aliphatic rings. The fraction of sp³-hybridized carbons (Fsp3) is 0.469. The summed E-state index contributed by atoms with van der Waals surface area (Å²) < 4.78 is 44.8. The molecular formula is C32H36F3N5O2. The van der Waals surface area contributed by atoms with E-state index in [-0.39, 0.29) is 17.3 Å². The highest BCUT2D eigenvalue weighted by molar-refractivity contribution is 5.95. The van der Waals surface area contributed by atoms with Gasteiger partial charge in [0, 0.05) is 18.6 Å². The first-order valence-corrected chi connectivity index (χ1v) is 14.5. The molecule has 2 saturated carbocycles. The van der Waals surface area contributed by atoms with Gasteiger partial charge in [0.2, 0.25) is 5.82 Å². The Labute approximate surface area is 244 Å². The van der Waals surface area contributed by atoms with E-state index in [1.807, 2.05) is 35.2 Å². The molecule has 2 aromatic carbocycles. The lowest BCUT2D eigenvalue weighted by molar-refractivity contribution is -0.144. The summed E-state index contributed by atoms with van der Waals surface area (Å²) in [7, 11) is 3.84. The predicted octanol–water partition coefficient (Wildman–Crippen LogP) is 6.50. The number of carbonyl (C=O) groups is 1. The van der Waals surface area contributed by atoms with Crippen LogP contribution in [0.25, 0.3) is 0 Å². The molecule has 10 heteroatoms. The Morgan fingerprint density at radius 2 is 1.62 bits per heavy atom. The molecule has 2 heterocycles. The zero-order chi connectivity index (χ0) is 29.5. The van der Waals surface area contributed by atoms with Crippen LogP contribution in [0.15, 0.2) is 67.0 Å². The van der Waals surface area contributed by atoms with E-state index in [1.54, 1.807) is 12.0 Å². The Morgan fingerprint density at radius 3 is 2.19 bits per heavy atom. The average Bonchev–Trinajstić information content (AvgIpc) is 3.79. The van der Waals surface area contributed by atoms with Crippen LogP contribution in [0.5, 0.6) is 5.75 Å². The maximum Gasteiger partial charge on any atom is 0.451 e. The van der Waals surface area contributed by atoms with Gasteiger partial charge in [-0.25, -0.2) is 14.8 Å². The number of ether oxygens (including phenoxy) is 1. The van der Waals surface area contributed by atoms with Crippen LogP contribution in [-0.4, -0.2) is 58.6 Å². The topological polar surface area (TPSA) is 61.8 Å². The zero-order valence-corrected chi connectivity index (χ0v) is 24.0. The van der Waals surface area contributed by atoms with E-state index in [4.69, 9.17) is 4.74 Å². The van der Waals surface area contributed by atoms with Crippen molar-refractivity contribution in [3.8, 4) is 5.75 Å². The minimum atomic E-state index is -4.65. The summed E-state index contributed by atoms with van der Waals surface area (Å²) in [6.45, 7) is 1.80. The first kappa shape index (κ1) is 28.5. The van der Waals surface area contributed by atoms with Gasteiger partial charge in [-0.3, -0.25) is 9.80 Å². The second kappa shape index (κ2) is 10.9. The highest BCUT2D eigenvalue weighted by atomic mass is 19.4. The van der Waals surface area contributed by atoms with Crippen molar-refractivity contribution in [2.45, 2.75) is 62.3 Å². The van der Waals surface area contributed by atoms with Gasteiger partial charge in [-0.2, -0.15) is 13.2 Å². The molecule has 3 fully saturated rings. The maximum atomic E-state index is 14.0. The van der Waals surface area contributed by atoms with Gasteiger partial charge in [0.15, 0.2) is 0 Å².